The number of carbonyl (C=O) groups is 2. The molecule has 0 unspecified atom stereocenters. The first-order chi connectivity index (χ1) is 14.8. The number of rotatable bonds is 7. The number of ether oxygens (including phenoxy) is 1. The van der Waals surface area contributed by atoms with E-state index in [1.165, 1.54) is 0 Å². The standard InChI is InChI=1S/C21H19N5O5/c1-14-3-5-17(6-4-14)21(28)31-19-9-7-16(8-10-19)15(2)23-24-20(27)13-25-12-18(11-22-25)26(29)30/h3-12H,13H2,1-2H3,(H,24,27). The van der Waals surface area contributed by atoms with Crippen LogP contribution in [0.5, 0.6) is 5.75 Å². The van der Waals surface area contributed by atoms with Crippen molar-refractivity contribution < 1.29 is 19.2 Å². The van der Waals surface area contributed by atoms with Gasteiger partial charge in [-0.3, -0.25) is 19.6 Å². The lowest BCUT2D eigenvalue weighted by Gasteiger charge is -2.07. The third-order valence-electron chi connectivity index (χ3n) is 4.25. The van der Waals surface area contributed by atoms with Crippen molar-refractivity contribution in [2.75, 3.05) is 0 Å². The molecular weight excluding hydrogens is 402 g/mol. The molecule has 0 spiro atoms. The maximum absolute atomic E-state index is 12.2. The Morgan fingerprint density at radius 2 is 1.77 bits per heavy atom. The van der Waals surface area contributed by atoms with E-state index >= 15 is 0 Å². The molecule has 158 valence electrons. The Morgan fingerprint density at radius 1 is 1.13 bits per heavy atom. The molecule has 1 amide bonds. The highest BCUT2D eigenvalue weighted by molar-refractivity contribution is 5.99. The summed E-state index contributed by atoms with van der Waals surface area (Å²) in [5, 5.41) is 18.4. The molecule has 1 heterocycles. The molecule has 1 aromatic heterocycles. The molecule has 31 heavy (non-hydrogen) atoms. The van der Waals surface area contributed by atoms with Gasteiger partial charge in [-0.25, -0.2) is 10.2 Å². The van der Waals surface area contributed by atoms with Crippen molar-refractivity contribution in [2.24, 2.45) is 5.10 Å². The molecule has 0 radical (unpaired) electrons. The van der Waals surface area contributed by atoms with Crippen LogP contribution in [-0.4, -0.2) is 32.3 Å². The molecule has 3 rings (SSSR count). The van der Waals surface area contributed by atoms with Crippen molar-refractivity contribution in [2.45, 2.75) is 20.4 Å². The number of amides is 1. The van der Waals surface area contributed by atoms with E-state index in [2.05, 4.69) is 15.6 Å². The number of aryl methyl sites for hydroxylation is 1. The minimum atomic E-state index is -0.592. The van der Waals surface area contributed by atoms with Crippen LogP contribution in [0.4, 0.5) is 5.69 Å². The van der Waals surface area contributed by atoms with Crippen LogP contribution in [0.1, 0.15) is 28.4 Å². The monoisotopic (exact) mass is 421 g/mol. The van der Waals surface area contributed by atoms with Gasteiger partial charge in [0.15, 0.2) is 0 Å². The summed E-state index contributed by atoms with van der Waals surface area (Å²) in [7, 11) is 0. The van der Waals surface area contributed by atoms with Crippen LogP contribution in [-0.2, 0) is 11.3 Å². The Kier molecular flexibility index (Phi) is 6.51. The minimum absolute atomic E-state index is 0.198. The SMILES string of the molecule is CC(=NNC(=O)Cn1cc([N+](=O)[O-])cn1)c1ccc(OC(=O)c2ccc(C)cc2)cc1. The summed E-state index contributed by atoms with van der Waals surface area (Å²) in [6.07, 6.45) is 2.22. The van der Waals surface area contributed by atoms with Gasteiger partial charge in [-0.05, 0) is 55.8 Å². The largest absolute Gasteiger partial charge is 0.423 e. The Balaban J connectivity index is 1.56. The molecule has 2 aromatic carbocycles. The fourth-order valence-electron chi connectivity index (χ4n) is 2.55. The second-order valence-electron chi connectivity index (χ2n) is 6.67. The van der Waals surface area contributed by atoms with Crippen LogP contribution < -0.4 is 10.2 Å². The molecule has 1 N–H and O–H groups in total. The number of nitrogens with zero attached hydrogens (tertiary/aromatic N) is 4. The Bertz CT molecular complexity index is 1130. The first-order valence-electron chi connectivity index (χ1n) is 9.21. The average molecular weight is 421 g/mol. The number of benzene rings is 2. The number of hydrogen-bond donors (Lipinski definition) is 1. The van der Waals surface area contributed by atoms with E-state index in [0.29, 0.717) is 22.6 Å². The molecular formula is C21H19N5O5. The van der Waals surface area contributed by atoms with E-state index in [-0.39, 0.29) is 12.2 Å². The lowest BCUT2D eigenvalue weighted by Crippen LogP contribution is -2.24. The van der Waals surface area contributed by atoms with Gasteiger partial charge in [0.25, 0.3) is 5.91 Å². The highest BCUT2D eigenvalue weighted by Crippen LogP contribution is 2.15. The van der Waals surface area contributed by atoms with Gasteiger partial charge < -0.3 is 4.74 Å². The van der Waals surface area contributed by atoms with Crippen molar-refractivity contribution in [3.8, 4) is 5.75 Å². The van der Waals surface area contributed by atoms with Crippen LogP contribution in [0.15, 0.2) is 66.0 Å². The van der Waals surface area contributed by atoms with Crippen molar-refractivity contribution in [3.05, 3.63) is 87.7 Å². The lowest BCUT2D eigenvalue weighted by molar-refractivity contribution is -0.385. The molecule has 10 heteroatoms. The molecule has 0 aliphatic rings. The van der Waals surface area contributed by atoms with Gasteiger partial charge in [0.2, 0.25) is 0 Å². The second-order valence-corrected chi connectivity index (χ2v) is 6.67. The van der Waals surface area contributed by atoms with Crippen molar-refractivity contribution >= 4 is 23.3 Å². The molecule has 0 atom stereocenters. The van der Waals surface area contributed by atoms with E-state index in [1.807, 2.05) is 19.1 Å². The molecule has 3 aromatic rings. The molecule has 0 saturated carbocycles. The summed E-state index contributed by atoms with van der Waals surface area (Å²) in [6, 6.07) is 13.7. The maximum atomic E-state index is 12.2. The molecule has 0 aliphatic heterocycles. The number of hydrazone groups is 1. The maximum Gasteiger partial charge on any atom is 0.343 e. The van der Waals surface area contributed by atoms with Gasteiger partial charge in [0.1, 0.15) is 24.7 Å². The lowest BCUT2D eigenvalue weighted by atomic mass is 10.1. The Labute approximate surface area is 177 Å². The van der Waals surface area contributed by atoms with Crippen molar-refractivity contribution in [1.29, 1.82) is 0 Å². The van der Waals surface area contributed by atoms with Gasteiger partial charge in [0, 0.05) is 0 Å². The van der Waals surface area contributed by atoms with Gasteiger partial charge in [-0.1, -0.05) is 17.7 Å². The van der Waals surface area contributed by atoms with E-state index in [1.54, 1.807) is 43.3 Å². The number of esters is 1. The topological polar surface area (TPSA) is 129 Å². The van der Waals surface area contributed by atoms with E-state index < -0.39 is 16.8 Å². The first-order valence-corrected chi connectivity index (χ1v) is 9.21. The van der Waals surface area contributed by atoms with E-state index in [4.69, 9.17) is 4.74 Å². The van der Waals surface area contributed by atoms with Crippen LogP contribution in [0.25, 0.3) is 0 Å². The number of carbonyl (C=O) groups excluding carboxylic acids is 2. The first kappa shape index (κ1) is 21.4. The zero-order valence-corrected chi connectivity index (χ0v) is 16.8. The fraction of sp³-hybridized carbons (Fsp3) is 0.143. The number of aromatic nitrogens is 2. The predicted octanol–water partition coefficient (Wildman–Crippen LogP) is 2.86. The van der Waals surface area contributed by atoms with Gasteiger partial charge in [-0.15, -0.1) is 0 Å². The molecule has 0 aliphatic carbocycles. The Morgan fingerprint density at radius 3 is 2.39 bits per heavy atom. The zero-order valence-electron chi connectivity index (χ0n) is 16.8. The molecule has 0 bridgehead atoms. The van der Waals surface area contributed by atoms with Gasteiger partial charge >= 0.3 is 11.7 Å². The summed E-state index contributed by atoms with van der Waals surface area (Å²) in [6.45, 7) is 3.43. The molecule has 10 nitrogen and oxygen atoms in total. The summed E-state index contributed by atoms with van der Waals surface area (Å²) in [4.78, 5) is 34.2. The van der Waals surface area contributed by atoms with Gasteiger partial charge in [-0.2, -0.15) is 10.2 Å². The smallest absolute Gasteiger partial charge is 0.343 e. The summed E-state index contributed by atoms with van der Waals surface area (Å²) < 4.78 is 6.50. The Hall–Kier alpha value is -4.34. The van der Waals surface area contributed by atoms with Crippen LogP contribution >= 0.6 is 0 Å². The summed E-state index contributed by atoms with van der Waals surface area (Å²) in [5.74, 6) is -0.559. The fourth-order valence-corrected chi connectivity index (χ4v) is 2.55. The average Bonchev–Trinajstić information content (AvgIpc) is 3.22. The zero-order chi connectivity index (χ0) is 22.4. The third kappa shape index (κ3) is 5.82. The summed E-state index contributed by atoms with van der Waals surface area (Å²) >= 11 is 0. The number of nitro groups is 1. The minimum Gasteiger partial charge on any atom is -0.423 e. The number of hydrogen-bond acceptors (Lipinski definition) is 7. The highest BCUT2D eigenvalue weighted by atomic mass is 16.6. The summed E-state index contributed by atoms with van der Waals surface area (Å²) in [5.41, 5.74) is 4.92. The van der Waals surface area contributed by atoms with Crippen LogP contribution in [0.3, 0.4) is 0 Å². The predicted molar refractivity (Wildman–Crippen MR) is 112 cm³/mol. The van der Waals surface area contributed by atoms with Crippen molar-refractivity contribution in [3.63, 3.8) is 0 Å². The van der Waals surface area contributed by atoms with Crippen LogP contribution in [0, 0.1) is 17.0 Å². The second kappa shape index (κ2) is 9.44. The van der Waals surface area contributed by atoms with E-state index in [9.17, 15) is 19.7 Å². The molecule has 0 saturated heterocycles. The van der Waals surface area contributed by atoms with Gasteiger partial charge in [0.05, 0.1) is 16.2 Å². The number of nitrogens with one attached hydrogen (secondary N) is 1. The van der Waals surface area contributed by atoms with Crippen molar-refractivity contribution in [1.82, 2.24) is 15.2 Å². The highest BCUT2D eigenvalue weighted by Gasteiger charge is 2.11. The van der Waals surface area contributed by atoms with Crippen LogP contribution in [0.2, 0.25) is 0 Å². The normalized spacial score (nSPS) is 11.1. The molecule has 0 fully saturated rings. The third-order valence-corrected chi connectivity index (χ3v) is 4.25. The van der Waals surface area contributed by atoms with E-state index in [0.717, 1.165) is 22.6 Å². The quantitative estimate of drug-likeness (QED) is 0.205.